The highest BCUT2D eigenvalue weighted by Gasteiger charge is 2.40. The fourth-order valence-corrected chi connectivity index (χ4v) is 8.26. The van der Waals surface area contributed by atoms with Gasteiger partial charge in [-0.3, -0.25) is 43.3 Å². The van der Waals surface area contributed by atoms with E-state index in [0.29, 0.717) is 55.7 Å². The number of likely N-dealkylation sites (tertiary alicyclic amines) is 1. The average Bonchev–Trinajstić information content (AvgIpc) is 3.93. The van der Waals surface area contributed by atoms with E-state index < -0.39 is 120 Å². The second-order valence-corrected chi connectivity index (χ2v) is 18.6. The third kappa shape index (κ3) is 23.7. The van der Waals surface area contributed by atoms with Crippen LogP contribution in [-0.4, -0.2) is 189 Å². The topological polar surface area (TPSA) is 521 Å². The third-order valence-electron chi connectivity index (χ3n) is 12.6. The standard InChI is InChI=1S/C49H85N17O13/c1-78-37-16-15-28(25-38(37)79-2)24-34(44(72)61-30(11-4-6-19-51)43(71)63-33(48(76)77)13-8-22-58-49(56)57)64-45(73)35-14-9-23-66(35)47(75)32(12-7-20-52)60-39(68)27-59-42(70)31(17-21-53)62-46(74)40(36(67)26-54)65-41(69)29(55)10-3-5-18-50/h13,15-16,25,29-32,34-36,40,67H,3-12,14,17-24,26-27,50-55H2,1-2H3,(H,59,70)(H,60,68)(H,61,72)(H,62,74)(H,63,71)(H,64,73)(H,65,69)(H,76,77)(H4,56,57,58)/b33-13-/t29-,30-,31-,32+,34-,35-,36-,40-/m0/s1. The molecule has 2 rings (SSSR count). The molecule has 1 fully saturated rings. The van der Waals surface area contributed by atoms with Gasteiger partial charge in [0.05, 0.1) is 32.9 Å². The summed E-state index contributed by atoms with van der Waals surface area (Å²) < 4.78 is 10.8. The van der Waals surface area contributed by atoms with Crippen molar-refractivity contribution in [3.8, 4) is 11.5 Å². The van der Waals surface area contributed by atoms with Gasteiger partial charge in [0.25, 0.3) is 0 Å². The van der Waals surface area contributed by atoms with Crippen molar-refractivity contribution in [3.05, 3.63) is 35.5 Å². The van der Waals surface area contributed by atoms with Crippen LogP contribution in [0, 0.1) is 0 Å². The Morgan fingerprint density at radius 1 is 0.722 bits per heavy atom. The highest BCUT2D eigenvalue weighted by Crippen LogP contribution is 2.28. The number of aliphatic hydroxyl groups is 1. The Balaban J connectivity index is 2.37. The lowest BCUT2D eigenvalue weighted by Gasteiger charge is -2.30. The molecule has 30 heteroatoms. The zero-order chi connectivity index (χ0) is 59.0. The predicted octanol–water partition coefficient (Wildman–Crippen LogP) is -6.48. The number of aliphatic imine (C=N–C) groups is 1. The van der Waals surface area contributed by atoms with Gasteiger partial charge in [0.15, 0.2) is 17.5 Å². The minimum atomic E-state index is -1.61. The van der Waals surface area contributed by atoms with Gasteiger partial charge in [0.1, 0.15) is 41.9 Å². The van der Waals surface area contributed by atoms with E-state index in [-0.39, 0.29) is 90.0 Å². The molecule has 0 spiro atoms. The van der Waals surface area contributed by atoms with Crippen LogP contribution in [-0.2, 0) is 49.6 Å². The van der Waals surface area contributed by atoms with Gasteiger partial charge in [0.2, 0.25) is 47.3 Å². The maximum atomic E-state index is 14.4. The maximum absolute atomic E-state index is 14.4. The van der Waals surface area contributed by atoms with Crippen molar-refractivity contribution in [1.82, 2.24) is 42.1 Å². The van der Waals surface area contributed by atoms with E-state index in [2.05, 4.69) is 42.2 Å². The van der Waals surface area contributed by atoms with E-state index in [0.717, 1.165) is 0 Å². The summed E-state index contributed by atoms with van der Waals surface area (Å²) in [4.78, 5) is 127. The Morgan fingerprint density at radius 2 is 1.35 bits per heavy atom. The monoisotopic (exact) mass is 1120 g/mol. The Kier molecular flexibility index (Phi) is 31.6. The first kappa shape index (κ1) is 67.9. The molecule has 0 aliphatic carbocycles. The highest BCUT2D eigenvalue weighted by molar-refractivity contribution is 5.99. The largest absolute Gasteiger partial charge is 0.493 e. The van der Waals surface area contributed by atoms with Gasteiger partial charge in [-0.1, -0.05) is 18.6 Å². The van der Waals surface area contributed by atoms with Gasteiger partial charge in [-0.25, -0.2) is 4.79 Å². The van der Waals surface area contributed by atoms with Crippen molar-refractivity contribution in [2.45, 2.75) is 132 Å². The summed E-state index contributed by atoms with van der Waals surface area (Å²) in [6.45, 7) is -0.383. The molecule has 8 atom stereocenters. The summed E-state index contributed by atoms with van der Waals surface area (Å²) in [7, 11) is 2.85. The molecule has 1 heterocycles. The number of hydrogen-bond acceptors (Lipinski definition) is 19. The van der Waals surface area contributed by atoms with Crippen molar-refractivity contribution >= 4 is 59.2 Å². The molecule has 1 aliphatic rings. The molecule has 1 saturated heterocycles. The Bertz CT molecular complexity index is 2230. The zero-order valence-corrected chi connectivity index (χ0v) is 45.2. The molecule has 25 N–H and O–H groups in total. The number of methoxy groups -OCH3 is 2. The number of nitrogens with zero attached hydrogens (tertiary/aromatic N) is 2. The summed E-state index contributed by atoms with van der Waals surface area (Å²) in [5.41, 5.74) is 45.1. The highest BCUT2D eigenvalue weighted by atomic mass is 16.5. The number of nitrogens with two attached hydrogens (primary N) is 8. The smallest absolute Gasteiger partial charge is 0.352 e. The summed E-state index contributed by atoms with van der Waals surface area (Å²) >= 11 is 0. The quantitative estimate of drug-likeness (QED) is 0.0127. The average molecular weight is 1120 g/mol. The fourth-order valence-electron chi connectivity index (χ4n) is 8.26. The van der Waals surface area contributed by atoms with Crippen molar-refractivity contribution in [3.63, 3.8) is 0 Å². The van der Waals surface area contributed by atoms with E-state index in [1.807, 2.05) is 0 Å². The first-order chi connectivity index (χ1) is 37.7. The van der Waals surface area contributed by atoms with E-state index >= 15 is 0 Å². The number of rotatable bonds is 38. The maximum Gasteiger partial charge on any atom is 0.352 e. The molecule has 79 heavy (non-hydrogen) atoms. The van der Waals surface area contributed by atoms with Crippen LogP contribution in [0.5, 0.6) is 11.5 Å². The van der Waals surface area contributed by atoms with Crippen LogP contribution in [0.1, 0.15) is 82.6 Å². The number of benzene rings is 1. The number of nitrogens with one attached hydrogen (secondary N) is 7. The Labute approximate surface area is 459 Å². The van der Waals surface area contributed by atoms with Crippen molar-refractivity contribution in [2.75, 3.05) is 66.6 Å². The number of amides is 8. The zero-order valence-electron chi connectivity index (χ0n) is 45.2. The predicted molar refractivity (Wildman–Crippen MR) is 291 cm³/mol. The Hall–Kier alpha value is -7.22. The van der Waals surface area contributed by atoms with Crippen LogP contribution in [0.3, 0.4) is 0 Å². The van der Waals surface area contributed by atoms with Gasteiger partial charge < -0.3 is 108 Å². The normalized spacial score (nSPS) is 15.8. The van der Waals surface area contributed by atoms with Crippen molar-refractivity contribution in [1.29, 1.82) is 0 Å². The van der Waals surface area contributed by atoms with Gasteiger partial charge >= 0.3 is 5.97 Å². The summed E-state index contributed by atoms with van der Waals surface area (Å²) in [5.74, 6) is -7.54. The van der Waals surface area contributed by atoms with Crippen molar-refractivity contribution < 1.29 is 62.8 Å². The molecule has 0 bridgehead atoms. The van der Waals surface area contributed by atoms with Gasteiger partial charge in [0, 0.05) is 26.1 Å². The number of aliphatic carboxylic acids is 1. The molecule has 1 aliphatic heterocycles. The molecule has 30 nitrogen and oxygen atoms in total. The first-order valence-corrected chi connectivity index (χ1v) is 26.2. The van der Waals surface area contributed by atoms with Crippen LogP contribution in [0.15, 0.2) is 35.0 Å². The van der Waals surface area contributed by atoms with Gasteiger partial charge in [-0.2, -0.15) is 0 Å². The number of guanidine groups is 1. The van der Waals surface area contributed by atoms with Gasteiger partial charge in [-0.15, -0.1) is 0 Å². The molecular formula is C49H85N17O13. The van der Waals surface area contributed by atoms with Gasteiger partial charge in [-0.05, 0) is 115 Å². The number of carbonyl (C=O) groups excluding carboxylic acids is 8. The molecule has 1 aromatic rings. The van der Waals surface area contributed by atoms with Crippen LogP contribution < -0.4 is 92.6 Å². The molecule has 0 saturated carbocycles. The minimum absolute atomic E-state index is 0.0198. The SMILES string of the molecule is COc1ccc(C[C@H](NC(=O)[C@@H]2CCCN2C(=O)[C@@H](CCCN)NC(=O)CNC(=O)[C@H](CCN)NC(=O)[C@@H](NC(=O)[C@@H](N)CCCCN)[C@@H](O)CN)C(=O)N[C@@H](CCCCN)C(=O)N/C(=C\CCN=C(N)N)C(=O)O)cc1OC. The molecule has 8 amide bonds. The number of aliphatic hydroxyl groups excluding tert-OH is 1. The third-order valence-corrected chi connectivity index (χ3v) is 12.6. The van der Waals surface area contributed by atoms with E-state index in [9.17, 15) is 53.4 Å². The number of unbranched alkanes of at least 4 members (excludes halogenated alkanes) is 2. The van der Waals surface area contributed by atoms with E-state index in [1.165, 1.54) is 25.2 Å². The lowest BCUT2D eigenvalue weighted by molar-refractivity contribution is -0.142. The molecule has 444 valence electrons. The Morgan fingerprint density at radius 3 is 1.96 bits per heavy atom. The lowest BCUT2D eigenvalue weighted by Crippen LogP contribution is -2.61. The number of hydrogen-bond donors (Lipinski definition) is 17. The van der Waals surface area contributed by atoms with Crippen LogP contribution in [0.2, 0.25) is 0 Å². The molecule has 0 unspecified atom stereocenters. The number of ether oxygens (including phenoxy) is 2. The van der Waals surface area contributed by atoms with Crippen LogP contribution in [0.4, 0.5) is 0 Å². The molecular weight excluding hydrogens is 1030 g/mol. The lowest BCUT2D eigenvalue weighted by atomic mass is 10.0. The number of carboxylic acid groups (broad SMARTS) is 1. The van der Waals surface area contributed by atoms with Crippen LogP contribution in [0.25, 0.3) is 0 Å². The summed E-state index contributed by atoms with van der Waals surface area (Å²) in [6.07, 6.45) is 2.35. The number of carbonyl (C=O) groups is 9. The molecule has 1 aromatic carbocycles. The second-order valence-electron chi connectivity index (χ2n) is 18.6. The fraction of sp³-hybridized carbons (Fsp3) is 0.633. The van der Waals surface area contributed by atoms with E-state index in [1.54, 1.807) is 18.2 Å². The van der Waals surface area contributed by atoms with E-state index in [4.69, 9.17) is 55.3 Å². The summed E-state index contributed by atoms with van der Waals surface area (Å²) in [6, 6.07) is -4.32. The minimum Gasteiger partial charge on any atom is -0.493 e. The second kappa shape index (κ2) is 36.8. The van der Waals surface area contributed by atoms with Crippen molar-refractivity contribution in [2.24, 2.45) is 50.9 Å². The first-order valence-electron chi connectivity index (χ1n) is 26.2. The number of carboxylic acids is 1. The summed E-state index contributed by atoms with van der Waals surface area (Å²) in [5, 5.41) is 38.0. The molecule has 0 radical (unpaired) electrons. The van der Waals surface area contributed by atoms with Crippen LogP contribution >= 0.6 is 0 Å². The molecule has 0 aromatic heterocycles.